The molecule has 0 aliphatic carbocycles. The highest BCUT2D eigenvalue weighted by molar-refractivity contribution is 5.94. The van der Waals surface area contributed by atoms with Crippen molar-refractivity contribution < 1.29 is 19.8 Å². The second kappa shape index (κ2) is 6.56. The van der Waals surface area contributed by atoms with E-state index in [1.165, 1.54) is 6.08 Å². The maximum Gasteiger partial charge on any atom is 0.328 e. The van der Waals surface area contributed by atoms with Crippen molar-refractivity contribution in [3.05, 3.63) is 41.5 Å². The van der Waals surface area contributed by atoms with Crippen molar-refractivity contribution in [2.24, 2.45) is 0 Å². The first-order valence-electron chi connectivity index (χ1n) is 5.42. The van der Waals surface area contributed by atoms with E-state index in [4.69, 9.17) is 10.2 Å². The average Bonchev–Trinajstić information content (AvgIpc) is 2.34. The Morgan fingerprint density at radius 2 is 2.06 bits per heavy atom. The molecule has 18 heavy (non-hydrogen) atoms. The molecule has 0 fully saturated rings. The number of carboxylic acid groups (broad SMARTS) is 1. The standard InChI is InChI=1S/C13H15NO4/c1-9-4-2-3-5-10(9)6-7-12(16)14-11(8-15)13(17)18/h2-7,11,15H,8H2,1H3,(H,14,16)(H,17,18)/b7-6+. The lowest BCUT2D eigenvalue weighted by atomic mass is 10.1. The largest absolute Gasteiger partial charge is 0.480 e. The van der Waals surface area contributed by atoms with Crippen molar-refractivity contribution in [3.63, 3.8) is 0 Å². The van der Waals surface area contributed by atoms with Crippen LogP contribution in [-0.2, 0) is 9.59 Å². The molecule has 1 atom stereocenters. The van der Waals surface area contributed by atoms with Gasteiger partial charge < -0.3 is 15.5 Å². The number of rotatable bonds is 5. The minimum atomic E-state index is -1.28. The van der Waals surface area contributed by atoms with Crippen LogP contribution in [0, 0.1) is 6.92 Å². The van der Waals surface area contributed by atoms with E-state index < -0.39 is 24.5 Å². The molecule has 0 radical (unpaired) electrons. The Hall–Kier alpha value is -2.14. The number of aliphatic hydroxyl groups is 1. The molecule has 3 N–H and O–H groups in total. The quantitative estimate of drug-likeness (QED) is 0.666. The van der Waals surface area contributed by atoms with Crippen LogP contribution in [0.2, 0.25) is 0 Å². The summed E-state index contributed by atoms with van der Waals surface area (Å²) in [4.78, 5) is 22.0. The smallest absolute Gasteiger partial charge is 0.328 e. The summed E-state index contributed by atoms with van der Waals surface area (Å²) in [5.74, 6) is -1.82. The third-order valence-corrected chi connectivity index (χ3v) is 2.40. The van der Waals surface area contributed by atoms with Crippen LogP contribution in [-0.4, -0.2) is 34.7 Å². The van der Waals surface area contributed by atoms with Gasteiger partial charge in [-0.1, -0.05) is 24.3 Å². The van der Waals surface area contributed by atoms with E-state index >= 15 is 0 Å². The molecule has 0 bridgehead atoms. The van der Waals surface area contributed by atoms with Crippen LogP contribution in [0.25, 0.3) is 6.08 Å². The first-order chi connectivity index (χ1) is 8.54. The van der Waals surface area contributed by atoms with Crippen LogP contribution in [0.1, 0.15) is 11.1 Å². The first-order valence-corrected chi connectivity index (χ1v) is 5.42. The number of carboxylic acids is 1. The molecule has 1 aromatic rings. The number of carbonyl (C=O) groups excluding carboxylic acids is 1. The fourth-order valence-electron chi connectivity index (χ4n) is 1.34. The molecule has 96 valence electrons. The van der Waals surface area contributed by atoms with Crippen molar-refractivity contribution >= 4 is 18.0 Å². The Bertz CT molecular complexity index is 468. The molecule has 0 heterocycles. The van der Waals surface area contributed by atoms with Crippen molar-refractivity contribution in [2.75, 3.05) is 6.61 Å². The zero-order valence-corrected chi connectivity index (χ0v) is 9.96. The molecule has 5 heteroatoms. The highest BCUT2D eigenvalue weighted by Crippen LogP contribution is 2.08. The van der Waals surface area contributed by atoms with Gasteiger partial charge in [0.1, 0.15) is 0 Å². The van der Waals surface area contributed by atoms with Gasteiger partial charge in [-0.05, 0) is 24.1 Å². The van der Waals surface area contributed by atoms with Crippen molar-refractivity contribution in [1.82, 2.24) is 5.32 Å². The normalized spacial score (nSPS) is 12.3. The number of nitrogens with one attached hydrogen (secondary N) is 1. The molecule has 0 aromatic heterocycles. The fraction of sp³-hybridized carbons (Fsp3) is 0.231. The van der Waals surface area contributed by atoms with Gasteiger partial charge >= 0.3 is 5.97 Å². The Labute approximate surface area is 105 Å². The van der Waals surface area contributed by atoms with Crippen LogP contribution in [0.4, 0.5) is 0 Å². The zero-order valence-electron chi connectivity index (χ0n) is 9.96. The van der Waals surface area contributed by atoms with Crippen LogP contribution in [0.3, 0.4) is 0 Å². The Morgan fingerprint density at radius 3 is 2.61 bits per heavy atom. The number of carbonyl (C=O) groups is 2. The Balaban J connectivity index is 2.65. The minimum Gasteiger partial charge on any atom is -0.480 e. The summed E-state index contributed by atoms with van der Waals surface area (Å²) in [6.07, 6.45) is 2.84. The second-order valence-electron chi connectivity index (χ2n) is 3.77. The summed E-state index contributed by atoms with van der Waals surface area (Å²) in [6.45, 7) is 1.27. The monoisotopic (exact) mass is 249 g/mol. The molecule has 0 saturated heterocycles. The molecule has 0 spiro atoms. The van der Waals surface area contributed by atoms with Gasteiger partial charge in [0.2, 0.25) is 5.91 Å². The molecular weight excluding hydrogens is 234 g/mol. The lowest BCUT2D eigenvalue weighted by Crippen LogP contribution is -2.42. The SMILES string of the molecule is Cc1ccccc1/C=C/C(=O)NC(CO)C(=O)O. The Kier molecular flexibility index (Phi) is 5.07. The molecular formula is C13H15NO4. The van der Waals surface area contributed by atoms with Crippen molar-refractivity contribution in [1.29, 1.82) is 0 Å². The number of hydrogen-bond donors (Lipinski definition) is 3. The van der Waals surface area contributed by atoms with Gasteiger partial charge in [-0.3, -0.25) is 4.79 Å². The highest BCUT2D eigenvalue weighted by Gasteiger charge is 2.16. The molecule has 1 aromatic carbocycles. The lowest BCUT2D eigenvalue weighted by Gasteiger charge is -2.09. The van der Waals surface area contributed by atoms with E-state index in [1.54, 1.807) is 6.08 Å². The molecule has 0 aliphatic heterocycles. The fourth-order valence-corrected chi connectivity index (χ4v) is 1.34. The summed E-state index contributed by atoms with van der Waals surface area (Å²) >= 11 is 0. The minimum absolute atomic E-state index is 0.556. The van der Waals surface area contributed by atoms with Gasteiger partial charge in [-0.2, -0.15) is 0 Å². The van der Waals surface area contributed by atoms with Crippen molar-refractivity contribution in [3.8, 4) is 0 Å². The maximum absolute atomic E-state index is 11.4. The predicted molar refractivity (Wildman–Crippen MR) is 66.9 cm³/mol. The topological polar surface area (TPSA) is 86.6 Å². The van der Waals surface area contributed by atoms with Crippen molar-refractivity contribution in [2.45, 2.75) is 13.0 Å². The van der Waals surface area contributed by atoms with Gasteiger partial charge in [-0.15, -0.1) is 0 Å². The van der Waals surface area contributed by atoms with E-state index in [1.807, 2.05) is 31.2 Å². The molecule has 0 aliphatic rings. The predicted octanol–water partition coefficient (Wildman–Crippen LogP) is 0.570. The number of aliphatic carboxylic acids is 1. The van der Waals surface area contributed by atoms with Crippen LogP contribution < -0.4 is 5.32 Å². The second-order valence-corrected chi connectivity index (χ2v) is 3.77. The zero-order chi connectivity index (χ0) is 13.5. The summed E-state index contributed by atoms with van der Waals surface area (Å²) < 4.78 is 0. The van der Waals surface area contributed by atoms with E-state index in [2.05, 4.69) is 5.32 Å². The van der Waals surface area contributed by atoms with Gasteiger partial charge in [0.15, 0.2) is 6.04 Å². The molecule has 1 rings (SSSR count). The van der Waals surface area contributed by atoms with Gasteiger partial charge in [0, 0.05) is 6.08 Å². The van der Waals surface area contributed by atoms with Crippen LogP contribution in [0.5, 0.6) is 0 Å². The molecule has 5 nitrogen and oxygen atoms in total. The number of aliphatic hydroxyl groups excluding tert-OH is 1. The summed E-state index contributed by atoms with van der Waals surface area (Å²) in [5, 5.41) is 19.6. The molecule has 0 saturated carbocycles. The van der Waals surface area contributed by atoms with Gasteiger partial charge in [-0.25, -0.2) is 4.79 Å². The number of amides is 1. The third-order valence-electron chi connectivity index (χ3n) is 2.40. The lowest BCUT2D eigenvalue weighted by molar-refractivity contribution is -0.142. The number of aryl methyl sites for hydroxylation is 1. The first kappa shape index (κ1) is 13.9. The van der Waals surface area contributed by atoms with E-state index in [0.29, 0.717) is 0 Å². The summed E-state index contributed by atoms with van der Waals surface area (Å²) in [7, 11) is 0. The number of hydrogen-bond acceptors (Lipinski definition) is 3. The molecule has 1 unspecified atom stereocenters. The van der Waals surface area contributed by atoms with Gasteiger partial charge in [0.25, 0.3) is 0 Å². The number of benzene rings is 1. The summed E-state index contributed by atoms with van der Waals surface area (Å²) in [5.41, 5.74) is 1.89. The van der Waals surface area contributed by atoms with Crippen LogP contribution in [0.15, 0.2) is 30.3 Å². The van der Waals surface area contributed by atoms with Gasteiger partial charge in [0.05, 0.1) is 6.61 Å². The highest BCUT2D eigenvalue weighted by atomic mass is 16.4. The van der Waals surface area contributed by atoms with E-state index in [-0.39, 0.29) is 0 Å². The summed E-state index contributed by atoms with van der Waals surface area (Å²) in [6, 6.07) is 6.21. The average molecular weight is 249 g/mol. The van der Waals surface area contributed by atoms with E-state index in [9.17, 15) is 9.59 Å². The van der Waals surface area contributed by atoms with E-state index in [0.717, 1.165) is 11.1 Å². The molecule has 1 amide bonds. The maximum atomic E-state index is 11.4. The Morgan fingerprint density at radius 1 is 1.39 bits per heavy atom. The van der Waals surface area contributed by atoms with Crippen LogP contribution >= 0.6 is 0 Å². The third kappa shape index (κ3) is 4.03.